The van der Waals surface area contributed by atoms with Gasteiger partial charge in [0.2, 0.25) is 13.7 Å². The van der Waals surface area contributed by atoms with Gasteiger partial charge in [-0.1, -0.05) is 0 Å². The van der Waals surface area contributed by atoms with E-state index in [1.807, 2.05) is 16.7 Å². The van der Waals surface area contributed by atoms with Crippen LogP contribution in [0.3, 0.4) is 0 Å². The average Bonchev–Trinajstić information content (AvgIpc) is 3.55. The number of benzene rings is 1. The first-order chi connectivity index (χ1) is 16.7. The molecule has 0 radical (unpaired) electrons. The lowest BCUT2D eigenvalue weighted by Gasteiger charge is -2.24. The Labute approximate surface area is 210 Å². The smallest absolute Gasteiger partial charge is 0.343 e. The predicted molar refractivity (Wildman–Crippen MR) is 143 cm³/mol. The van der Waals surface area contributed by atoms with Crippen molar-refractivity contribution >= 4 is 42.3 Å². The number of rotatable bonds is 7. The third-order valence-corrected chi connectivity index (χ3v) is 8.30. The van der Waals surface area contributed by atoms with E-state index in [0.29, 0.717) is 11.1 Å². The van der Waals surface area contributed by atoms with Crippen LogP contribution < -0.4 is 10.2 Å². The van der Waals surface area contributed by atoms with Gasteiger partial charge < -0.3 is 18.5 Å². The number of hydrogen-bond acceptors (Lipinski definition) is 6. The zero-order valence-electron chi connectivity index (χ0n) is 20.9. The molecule has 6 nitrogen and oxygen atoms in total. The lowest BCUT2D eigenvalue weighted by Crippen LogP contribution is -2.25. The van der Waals surface area contributed by atoms with E-state index >= 15 is 0 Å². The molecule has 2 aliphatic carbocycles. The highest BCUT2D eigenvalue weighted by Gasteiger charge is 2.30. The SMILES string of the molecule is CCOC(=O)c1cn(C2CC2)c2c(OC)c(-c3cc4c(s3)CCC=C4O[Si](C)(C)C)ccc2c1=O. The van der Waals surface area contributed by atoms with E-state index in [1.54, 1.807) is 31.6 Å². The van der Waals surface area contributed by atoms with Gasteiger partial charge in [-0.3, -0.25) is 4.79 Å². The van der Waals surface area contributed by atoms with Crippen LogP contribution in [0.2, 0.25) is 19.6 Å². The average molecular weight is 510 g/mol. The monoisotopic (exact) mass is 509 g/mol. The molecule has 5 rings (SSSR count). The van der Waals surface area contributed by atoms with Crippen molar-refractivity contribution < 1.29 is 18.7 Å². The number of fused-ring (bicyclic) bond motifs is 2. The Kier molecular flexibility index (Phi) is 6.13. The topological polar surface area (TPSA) is 66.8 Å². The maximum absolute atomic E-state index is 13.3. The molecule has 1 aromatic carbocycles. The Hall–Kier alpha value is -2.84. The van der Waals surface area contributed by atoms with Crippen LogP contribution >= 0.6 is 11.3 Å². The maximum atomic E-state index is 13.3. The summed E-state index contributed by atoms with van der Waals surface area (Å²) in [6.45, 7) is 8.56. The van der Waals surface area contributed by atoms with Gasteiger partial charge in [0.1, 0.15) is 11.3 Å². The van der Waals surface area contributed by atoms with Crippen molar-refractivity contribution in [2.24, 2.45) is 0 Å². The summed E-state index contributed by atoms with van der Waals surface area (Å²) in [5, 5.41) is 0.479. The summed E-state index contributed by atoms with van der Waals surface area (Å²) >= 11 is 1.76. The molecule has 0 spiro atoms. The second kappa shape index (κ2) is 8.99. The quantitative estimate of drug-likeness (QED) is 0.273. The van der Waals surface area contributed by atoms with Gasteiger partial charge in [-0.2, -0.15) is 0 Å². The summed E-state index contributed by atoms with van der Waals surface area (Å²) in [6, 6.07) is 6.20. The maximum Gasteiger partial charge on any atom is 0.343 e. The number of aryl methyl sites for hydroxylation is 1. The van der Waals surface area contributed by atoms with Crippen LogP contribution in [-0.4, -0.2) is 32.6 Å². The fourth-order valence-corrected chi connectivity index (χ4v) is 6.70. The Balaban J connectivity index is 1.68. The number of nitrogens with zero attached hydrogens (tertiary/aromatic N) is 1. The number of methoxy groups -OCH3 is 1. The van der Waals surface area contributed by atoms with Crippen LogP contribution in [0.1, 0.15) is 53.0 Å². The van der Waals surface area contributed by atoms with Crippen molar-refractivity contribution in [2.75, 3.05) is 13.7 Å². The summed E-state index contributed by atoms with van der Waals surface area (Å²) < 4.78 is 19.6. The number of thiophene rings is 1. The lowest BCUT2D eigenvalue weighted by molar-refractivity contribution is 0.0524. The van der Waals surface area contributed by atoms with Crippen LogP contribution in [0.15, 0.2) is 35.3 Å². The van der Waals surface area contributed by atoms with Gasteiger partial charge in [-0.05, 0) is 76.5 Å². The molecule has 0 bridgehead atoms. The van der Waals surface area contributed by atoms with Crippen molar-refractivity contribution in [1.82, 2.24) is 4.57 Å². The van der Waals surface area contributed by atoms with Crippen LogP contribution in [-0.2, 0) is 15.6 Å². The Morgan fingerprint density at radius 1 is 1.20 bits per heavy atom. The summed E-state index contributed by atoms with van der Waals surface area (Å²) in [5.74, 6) is 1.07. The highest BCUT2D eigenvalue weighted by atomic mass is 32.1. The van der Waals surface area contributed by atoms with Gasteiger partial charge in [0, 0.05) is 33.1 Å². The van der Waals surface area contributed by atoms with E-state index in [9.17, 15) is 9.59 Å². The van der Waals surface area contributed by atoms with Crippen molar-refractivity contribution in [3.63, 3.8) is 0 Å². The standard InChI is InChI=1S/C27H31NO5SSi/c1-6-32-27(30)20-15-28(16-10-11-16)24-18(25(20)29)13-12-17(26(24)31-2)23-14-19-21(33-35(3,4)5)8-7-9-22(19)34-23/h8,12-16H,6-7,9-11H2,1-5H3. The van der Waals surface area contributed by atoms with E-state index in [1.165, 1.54) is 4.88 Å². The van der Waals surface area contributed by atoms with Gasteiger partial charge in [-0.15, -0.1) is 11.3 Å². The molecule has 0 unspecified atom stereocenters. The van der Waals surface area contributed by atoms with E-state index in [4.69, 9.17) is 13.9 Å². The molecule has 0 N–H and O–H groups in total. The molecule has 8 heteroatoms. The Bertz CT molecular complexity index is 1410. The van der Waals surface area contributed by atoms with Crippen molar-refractivity contribution in [1.29, 1.82) is 0 Å². The fourth-order valence-electron chi connectivity index (χ4n) is 4.64. The van der Waals surface area contributed by atoms with Gasteiger partial charge in [0.25, 0.3) is 0 Å². The number of carbonyl (C=O) groups excluding carboxylic acids is 1. The molecule has 2 aromatic heterocycles. The van der Waals surface area contributed by atoms with E-state index in [-0.39, 0.29) is 23.6 Å². The van der Waals surface area contributed by atoms with Gasteiger partial charge in [0.15, 0.2) is 5.75 Å². The third kappa shape index (κ3) is 4.45. The van der Waals surface area contributed by atoms with Crippen LogP contribution in [0.5, 0.6) is 5.75 Å². The van der Waals surface area contributed by atoms with Gasteiger partial charge >= 0.3 is 5.97 Å². The first-order valence-electron chi connectivity index (χ1n) is 12.2. The predicted octanol–water partition coefficient (Wildman–Crippen LogP) is 6.39. The number of esters is 1. The molecule has 2 aliphatic rings. The summed E-state index contributed by atoms with van der Waals surface area (Å²) in [7, 11) is -0.0964. The molecule has 35 heavy (non-hydrogen) atoms. The molecule has 184 valence electrons. The van der Waals surface area contributed by atoms with Gasteiger partial charge in [-0.25, -0.2) is 4.79 Å². The highest BCUT2D eigenvalue weighted by molar-refractivity contribution is 7.15. The van der Waals surface area contributed by atoms with Crippen molar-refractivity contribution in [3.8, 4) is 16.2 Å². The van der Waals surface area contributed by atoms with Crippen molar-refractivity contribution in [3.05, 3.63) is 56.7 Å². The fraction of sp³-hybridized carbons (Fsp3) is 0.407. The lowest BCUT2D eigenvalue weighted by atomic mass is 10.0. The number of aromatic nitrogens is 1. The number of pyridine rings is 1. The molecule has 0 saturated heterocycles. The normalized spacial score (nSPS) is 15.5. The van der Waals surface area contributed by atoms with Crippen LogP contribution in [0.4, 0.5) is 0 Å². The molecule has 1 saturated carbocycles. The van der Waals surface area contributed by atoms with Crippen LogP contribution in [0, 0.1) is 0 Å². The molecule has 1 fully saturated rings. The Morgan fingerprint density at radius 3 is 2.63 bits per heavy atom. The minimum Gasteiger partial charge on any atom is -0.544 e. The zero-order chi connectivity index (χ0) is 24.9. The first-order valence-corrected chi connectivity index (χ1v) is 16.4. The molecule has 2 heterocycles. The molecular weight excluding hydrogens is 478 g/mol. The van der Waals surface area contributed by atoms with E-state index in [2.05, 4.69) is 31.8 Å². The number of carbonyl (C=O) groups is 1. The molecule has 0 atom stereocenters. The molecule has 3 aromatic rings. The summed E-state index contributed by atoms with van der Waals surface area (Å²) in [6.07, 6.45) is 7.83. The number of ether oxygens (including phenoxy) is 2. The Morgan fingerprint density at radius 2 is 1.97 bits per heavy atom. The minimum atomic E-state index is -1.74. The van der Waals surface area contributed by atoms with Crippen molar-refractivity contribution in [2.45, 2.75) is 58.3 Å². The van der Waals surface area contributed by atoms with Crippen LogP contribution in [0.25, 0.3) is 27.1 Å². The van der Waals surface area contributed by atoms with E-state index < -0.39 is 14.3 Å². The second-order valence-corrected chi connectivity index (χ2v) is 15.6. The molecule has 0 aliphatic heterocycles. The minimum absolute atomic E-state index is 0.0749. The second-order valence-electron chi connectivity index (χ2n) is 10.0. The largest absolute Gasteiger partial charge is 0.544 e. The highest BCUT2D eigenvalue weighted by Crippen LogP contribution is 2.46. The number of allylic oxidation sites excluding steroid dienone is 1. The molecule has 0 amide bonds. The first kappa shape index (κ1) is 23.9. The van der Waals surface area contributed by atoms with Gasteiger partial charge in [0.05, 0.1) is 24.6 Å². The number of hydrogen-bond donors (Lipinski definition) is 0. The molecular formula is C27H31NO5SSi. The third-order valence-electron chi connectivity index (χ3n) is 6.24. The van der Waals surface area contributed by atoms with E-state index in [0.717, 1.165) is 53.0 Å². The summed E-state index contributed by atoms with van der Waals surface area (Å²) in [5.41, 5.74) is 2.61. The summed E-state index contributed by atoms with van der Waals surface area (Å²) in [4.78, 5) is 28.2. The zero-order valence-corrected chi connectivity index (χ0v) is 22.7.